The van der Waals surface area contributed by atoms with E-state index in [1.165, 1.54) is 5.56 Å². The number of anilines is 1. The Morgan fingerprint density at radius 1 is 1.20 bits per heavy atom. The van der Waals surface area contributed by atoms with Crippen LogP contribution in [-0.4, -0.2) is 26.3 Å². The van der Waals surface area contributed by atoms with Gasteiger partial charge in [-0.2, -0.15) is 5.10 Å². The van der Waals surface area contributed by atoms with E-state index in [-0.39, 0.29) is 5.56 Å². The van der Waals surface area contributed by atoms with E-state index in [9.17, 15) is 4.79 Å². The second kappa shape index (κ2) is 6.90. The largest absolute Gasteiger partial charge is 0.352 e. The van der Waals surface area contributed by atoms with Crippen molar-refractivity contribution in [2.45, 2.75) is 26.1 Å². The molecule has 3 aromatic rings. The van der Waals surface area contributed by atoms with Gasteiger partial charge in [0.15, 0.2) is 0 Å². The minimum Gasteiger partial charge on any atom is -0.352 e. The molecule has 0 aliphatic carbocycles. The lowest BCUT2D eigenvalue weighted by Crippen LogP contribution is -2.31. The fourth-order valence-electron chi connectivity index (χ4n) is 2.99. The number of hydrogen-bond acceptors (Lipinski definition) is 5. The van der Waals surface area contributed by atoms with Crippen LogP contribution in [0.3, 0.4) is 0 Å². The van der Waals surface area contributed by atoms with Gasteiger partial charge in [0.25, 0.3) is 5.56 Å². The first-order valence-corrected chi connectivity index (χ1v) is 8.40. The number of H-pyrrole nitrogens is 1. The quantitative estimate of drug-likeness (QED) is 0.653. The van der Waals surface area contributed by atoms with Crippen LogP contribution in [0.1, 0.15) is 22.4 Å². The molecule has 1 aliphatic rings. The summed E-state index contributed by atoms with van der Waals surface area (Å²) in [7, 11) is 0. The lowest BCUT2D eigenvalue weighted by molar-refractivity contribution is 0.619. The molecule has 0 radical (unpaired) electrons. The monoisotopic (exact) mass is 336 g/mol. The zero-order chi connectivity index (χ0) is 17.1. The van der Waals surface area contributed by atoms with E-state index < -0.39 is 0 Å². The third kappa shape index (κ3) is 3.61. The van der Waals surface area contributed by atoms with Crippen molar-refractivity contribution in [1.82, 2.24) is 25.1 Å². The summed E-state index contributed by atoms with van der Waals surface area (Å²) < 4.78 is 1.90. The number of hydrogen-bond donors (Lipinski definition) is 3. The Balaban J connectivity index is 1.42. The van der Waals surface area contributed by atoms with Crippen LogP contribution in [0.2, 0.25) is 0 Å². The Hall–Kier alpha value is -2.93. The fourth-order valence-corrected chi connectivity index (χ4v) is 2.99. The van der Waals surface area contributed by atoms with Gasteiger partial charge in [-0.05, 0) is 18.5 Å². The summed E-state index contributed by atoms with van der Waals surface area (Å²) in [5.74, 6) is 0.503. The van der Waals surface area contributed by atoms with Crippen LogP contribution in [0.4, 0.5) is 5.95 Å². The molecule has 0 bridgehead atoms. The molecule has 1 aromatic carbocycles. The maximum Gasteiger partial charge on any atom is 0.255 e. The smallest absolute Gasteiger partial charge is 0.255 e. The number of rotatable bonds is 5. The van der Waals surface area contributed by atoms with Crippen molar-refractivity contribution in [2.75, 3.05) is 11.9 Å². The van der Waals surface area contributed by atoms with Gasteiger partial charge in [-0.3, -0.25) is 14.5 Å². The van der Waals surface area contributed by atoms with Gasteiger partial charge in [0, 0.05) is 30.4 Å². The Bertz CT molecular complexity index is 915. The van der Waals surface area contributed by atoms with E-state index in [0.29, 0.717) is 19.0 Å². The first-order chi connectivity index (χ1) is 12.3. The Labute approximate surface area is 145 Å². The summed E-state index contributed by atoms with van der Waals surface area (Å²) in [6.07, 6.45) is 4.55. The predicted octanol–water partition coefficient (Wildman–Crippen LogP) is 1.27. The van der Waals surface area contributed by atoms with Gasteiger partial charge >= 0.3 is 0 Å². The summed E-state index contributed by atoms with van der Waals surface area (Å²) in [6, 6.07) is 10.2. The lowest BCUT2D eigenvalue weighted by atomic mass is 10.1. The van der Waals surface area contributed by atoms with Crippen molar-refractivity contribution in [3.05, 3.63) is 75.5 Å². The molecule has 7 nitrogen and oxygen atoms in total. The SMILES string of the molecule is O=c1[nH]c(NCc2cnn(Cc3ccccc3)c2)nc2c1CCNC2. The Kier molecular flexibility index (Phi) is 4.30. The molecule has 0 saturated heterocycles. The molecule has 3 heterocycles. The lowest BCUT2D eigenvalue weighted by Gasteiger charge is -2.16. The van der Waals surface area contributed by atoms with Crippen molar-refractivity contribution in [3.63, 3.8) is 0 Å². The van der Waals surface area contributed by atoms with Gasteiger partial charge in [-0.1, -0.05) is 30.3 Å². The summed E-state index contributed by atoms with van der Waals surface area (Å²) in [5.41, 5.74) is 3.82. The second-order valence-electron chi connectivity index (χ2n) is 6.15. The van der Waals surface area contributed by atoms with E-state index in [4.69, 9.17) is 0 Å². The molecule has 7 heteroatoms. The van der Waals surface area contributed by atoms with Crippen LogP contribution in [0.25, 0.3) is 0 Å². The number of fused-ring (bicyclic) bond motifs is 1. The molecule has 4 rings (SSSR count). The molecule has 0 spiro atoms. The Morgan fingerprint density at radius 2 is 2.08 bits per heavy atom. The van der Waals surface area contributed by atoms with Gasteiger partial charge in [0.2, 0.25) is 5.95 Å². The van der Waals surface area contributed by atoms with Crippen molar-refractivity contribution >= 4 is 5.95 Å². The fraction of sp³-hybridized carbons (Fsp3) is 0.278. The van der Waals surface area contributed by atoms with Crippen molar-refractivity contribution in [3.8, 4) is 0 Å². The molecule has 0 fully saturated rings. The standard InChI is InChI=1S/C18H20N6O/c25-17-15-6-7-19-10-16(15)22-18(23-17)20-8-14-9-21-24(12-14)11-13-4-2-1-3-5-13/h1-5,9,12,19H,6-8,10-11H2,(H2,20,22,23,25). The van der Waals surface area contributed by atoms with Crippen LogP contribution < -0.4 is 16.2 Å². The van der Waals surface area contributed by atoms with E-state index >= 15 is 0 Å². The highest BCUT2D eigenvalue weighted by Crippen LogP contribution is 2.10. The van der Waals surface area contributed by atoms with Crippen LogP contribution in [0.15, 0.2) is 47.5 Å². The van der Waals surface area contributed by atoms with Crippen molar-refractivity contribution < 1.29 is 0 Å². The average molecular weight is 336 g/mol. The topological polar surface area (TPSA) is 87.6 Å². The third-order valence-electron chi connectivity index (χ3n) is 4.28. The van der Waals surface area contributed by atoms with Crippen LogP contribution in [0, 0.1) is 0 Å². The van der Waals surface area contributed by atoms with E-state index in [1.807, 2.05) is 35.3 Å². The first-order valence-electron chi connectivity index (χ1n) is 8.40. The zero-order valence-corrected chi connectivity index (χ0v) is 13.8. The highest BCUT2D eigenvalue weighted by molar-refractivity contribution is 5.32. The summed E-state index contributed by atoms with van der Waals surface area (Å²) in [5, 5.41) is 10.8. The molecular formula is C18H20N6O. The minimum atomic E-state index is -0.0474. The van der Waals surface area contributed by atoms with E-state index in [2.05, 4.69) is 37.8 Å². The number of aromatic nitrogens is 4. The predicted molar refractivity (Wildman–Crippen MR) is 95.4 cm³/mol. The van der Waals surface area contributed by atoms with Crippen molar-refractivity contribution in [1.29, 1.82) is 0 Å². The molecular weight excluding hydrogens is 316 g/mol. The number of nitrogens with zero attached hydrogens (tertiary/aromatic N) is 3. The number of nitrogens with one attached hydrogen (secondary N) is 3. The molecule has 0 saturated carbocycles. The molecule has 3 N–H and O–H groups in total. The molecule has 128 valence electrons. The van der Waals surface area contributed by atoms with E-state index in [0.717, 1.165) is 36.3 Å². The molecule has 0 unspecified atom stereocenters. The maximum absolute atomic E-state index is 12.1. The highest BCUT2D eigenvalue weighted by Gasteiger charge is 2.15. The molecule has 2 aromatic heterocycles. The second-order valence-corrected chi connectivity index (χ2v) is 6.15. The minimum absolute atomic E-state index is 0.0474. The number of aromatic amines is 1. The zero-order valence-electron chi connectivity index (χ0n) is 13.8. The van der Waals surface area contributed by atoms with Gasteiger partial charge in [-0.25, -0.2) is 4.98 Å². The van der Waals surface area contributed by atoms with Crippen LogP contribution in [0.5, 0.6) is 0 Å². The first kappa shape index (κ1) is 15.6. The maximum atomic E-state index is 12.1. The average Bonchev–Trinajstić information content (AvgIpc) is 3.08. The summed E-state index contributed by atoms with van der Waals surface area (Å²) in [4.78, 5) is 19.5. The van der Waals surface area contributed by atoms with Gasteiger partial charge in [0.1, 0.15) is 0 Å². The normalized spacial score (nSPS) is 13.4. The summed E-state index contributed by atoms with van der Waals surface area (Å²) in [6.45, 7) is 2.76. The highest BCUT2D eigenvalue weighted by atomic mass is 16.1. The molecule has 0 amide bonds. The number of benzene rings is 1. The van der Waals surface area contributed by atoms with Crippen LogP contribution in [-0.2, 0) is 26.1 Å². The van der Waals surface area contributed by atoms with Gasteiger partial charge in [-0.15, -0.1) is 0 Å². The van der Waals surface area contributed by atoms with E-state index in [1.54, 1.807) is 0 Å². The molecule has 0 atom stereocenters. The van der Waals surface area contributed by atoms with Crippen LogP contribution >= 0.6 is 0 Å². The summed E-state index contributed by atoms with van der Waals surface area (Å²) >= 11 is 0. The molecule has 25 heavy (non-hydrogen) atoms. The van der Waals surface area contributed by atoms with Crippen molar-refractivity contribution in [2.24, 2.45) is 0 Å². The molecule has 1 aliphatic heterocycles. The third-order valence-corrected chi connectivity index (χ3v) is 4.28. The van der Waals surface area contributed by atoms with Gasteiger partial charge in [0.05, 0.1) is 18.4 Å². The van der Waals surface area contributed by atoms with Gasteiger partial charge < -0.3 is 10.6 Å². The Morgan fingerprint density at radius 3 is 2.96 bits per heavy atom.